The Morgan fingerprint density at radius 3 is 2.42 bits per heavy atom. The zero-order valence-corrected chi connectivity index (χ0v) is 6.49. The maximum absolute atomic E-state index is 4.31. The molecule has 1 nitrogen and oxygen atoms in total. The van der Waals surface area contributed by atoms with Crippen LogP contribution in [0, 0.1) is 0 Å². The van der Waals surface area contributed by atoms with Crippen molar-refractivity contribution in [3.8, 4) is 22.4 Å². The Kier molecular flexibility index (Phi) is 0.965. The van der Waals surface area contributed by atoms with Crippen molar-refractivity contribution in [3.63, 3.8) is 0 Å². The fraction of sp³-hybridized carbons (Fsp3) is 0. The number of hydrogen-bond donors (Lipinski definition) is 0. The summed E-state index contributed by atoms with van der Waals surface area (Å²) in [5, 5.41) is 0. The number of aromatic nitrogens is 1. The summed E-state index contributed by atoms with van der Waals surface area (Å²) in [6.45, 7) is 0. The monoisotopic (exact) mass is 153 g/mol. The molecule has 1 aliphatic carbocycles. The van der Waals surface area contributed by atoms with Gasteiger partial charge in [0.25, 0.3) is 0 Å². The zero-order chi connectivity index (χ0) is 7.97. The molecule has 0 unspecified atom stereocenters. The maximum atomic E-state index is 4.31. The molecule has 0 spiro atoms. The summed E-state index contributed by atoms with van der Waals surface area (Å²) < 4.78 is 0. The fourth-order valence-corrected chi connectivity index (χ4v) is 1.70. The molecular weight excluding hydrogens is 146 g/mol. The van der Waals surface area contributed by atoms with Gasteiger partial charge in [-0.2, -0.15) is 0 Å². The normalized spacial score (nSPS) is 11.3. The molecule has 0 N–H and O–H groups in total. The van der Waals surface area contributed by atoms with Crippen LogP contribution in [0.5, 0.6) is 0 Å². The van der Waals surface area contributed by atoms with Gasteiger partial charge in [0.1, 0.15) is 0 Å². The van der Waals surface area contributed by atoms with E-state index in [9.17, 15) is 0 Å². The molecule has 12 heavy (non-hydrogen) atoms. The van der Waals surface area contributed by atoms with E-state index in [0.717, 1.165) is 5.69 Å². The molecular formula is C11H7N. The van der Waals surface area contributed by atoms with Gasteiger partial charge in [-0.1, -0.05) is 30.3 Å². The van der Waals surface area contributed by atoms with Crippen molar-refractivity contribution in [3.05, 3.63) is 42.6 Å². The van der Waals surface area contributed by atoms with Gasteiger partial charge in [-0.15, -0.1) is 0 Å². The van der Waals surface area contributed by atoms with Gasteiger partial charge in [-0.05, 0) is 11.6 Å². The number of rotatable bonds is 0. The van der Waals surface area contributed by atoms with E-state index < -0.39 is 0 Å². The van der Waals surface area contributed by atoms with Crippen LogP contribution in [0.1, 0.15) is 0 Å². The molecule has 1 heteroatoms. The highest BCUT2D eigenvalue weighted by molar-refractivity contribution is 5.99. The van der Waals surface area contributed by atoms with Crippen LogP contribution < -0.4 is 0 Å². The summed E-state index contributed by atoms with van der Waals surface area (Å²) in [6, 6.07) is 12.5. The van der Waals surface area contributed by atoms with E-state index in [0.29, 0.717) is 0 Å². The van der Waals surface area contributed by atoms with E-state index in [2.05, 4.69) is 35.3 Å². The van der Waals surface area contributed by atoms with Crippen LogP contribution in [0.4, 0.5) is 0 Å². The molecule has 1 aromatic heterocycles. The highest BCUT2D eigenvalue weighted by Crippen LogP contribution is 2.44. The van der Waals surface area contributed by atoms with Crippen LogP contribution in [0.3, 0.4) is 0 Å². The van der Waals surface area contributed by atoms with E-state index in [1.165, 1.54) is 16.7 Å². The highest BCUT2D eigenvalue weighted by atomic mass is 14.7. The quantitative estimate of drug-likeness (QED) is 0.484. The Balaban J connectivity index is 2.34. The van der Waals surface area contributed by atoms with Crippen molar-refractivity contribution in [1.29, 1.82) is 0 Å². The summed E-state index contributed by atoms with van der Waals surface area (Å²) in [7, 11) is 0. The number of nitrogens with zero attached hydrogens (tertiary/aromatic N) is 1. The third-order valence-electron chi connectivity index (χ3n) is 2.28. The van der Waals surface area contributed by atoms with E-state index in [1.807, 2.05) is 12.3 Å². The molecule has 0 aliphatic heterocycles. The number of fused-ring (bicyclic) bond motifs is 4. The molecule has 1 aromatic carbocycles. The SMILES string of the molecule is c1ccc2c(c1)-c1cccnc1-2. The smallest absolute Gasteiger partial charge is 0.0786 e. The van der Waals surface area contributed by atoms with Crippen LogP contribution >= 0.6 is 0 Å². The molecule has 0 fully saturated rings. The average Bonchev–Trinajstić information content (AvgIpc) is 2.14. The van der Waals surface area contributed by atoms with E-state index in [-0.39, 0.29) is 0 Å². The molecule has 0 atom stereocenters. The van der Waals surface area contributed by atoms with Gasteiger partial charge in [0.05, 0.1) is 5.69 Å². The lowest BCUT2D eigenvalue weighted by Crippen LogP contribution is -1.99. The minimum Gasteiger partial charge on any atom is -0.256 e. The maximum Gasteiger partial charge on any atom is 0.0786 e. The van der Waals surface area contributed by atoms with Crippen LogP contribution in [-0.4, -0.2) is 4.98 Å². The second-order valence-corrected chi connectivity index (χ2v) is 2.95. The zero-order valence-electron chi connectivity index (χ0n) is 6.49. The third-order valence-corrected chi connectivity index (χ3v) is 2.28. The van der Waals surface area contributed by atoms with Crippen molar-refractivity contribution >= 4 is 0 Å². The van der Waals surface area contributed by atoms with Crippen LogP contribution in [-0.2, 0) is 0 Å². The Bertz CT molecular complexity index is 346. The van der Waals surface area contributed by atoms with E-state index in [4.69, 9.17) is 0 Å². The molecule has 1 heterocycles. The molecule has 0 saturated carbocycles. The van der Waals surface area contributed by atoms with Gasteiger partial charge in [0, 0.05) is 17.3 Å². The molecule has 0 amide bonds. The van der Waals surface area contributed by atoms with Crippen LogP contribution in [0.2, 0.25) is 0 Å². The minimum atomic E-state index is 1.15. The highest BCUT2D eigenvalue weighted by Gasteiger charge is 2.21. The topological polar surface area (TPSA) is 12.9 Å². The predicted molar refractivity (Wildman–Crippen MR) is 48.7 cm³/mol. The Hall–Kier alpha value is -1.63. The molecule has 56 valence electrons. The first-order valence-corrected chi connectivity index (χ1v) is 4.01. The van der Waals surface area contributed by atoms with Gasteiger partial charge >= 0.3 is 0 Å². The largest absolute Gasteiger partial charge is 0.256 e. The van der Waals surface area contributed by atoms with Gasteiger partial charge in [-0.25, -0.2) is 0 Å². The van der Waals surface area contributed by atoms with Crippen molar-refractivity contribution in [2.24, 2.45) is 0 Å². The number of benzene rings is 1. The van der Waals surface area contributed by atoms with Crippen LogP contribution in [0.15, 0.2) is 42.6 Å². The van der Waals surface area contributed by atoms with E-state index >= 15 is 0 Å². The summed E-state index contributed by atoms with van der Waals surface area (Å²) in [4.78, 5) is 4.31. The van der Waals surface area contributed by atoms with Gasteiger partial charge in [-0.3, -0.25) is 4.98 Å². The van der Waals surface area contributed by atoms with E-state index in [1.54, 1.807) is 0 Å². The number of hydrogen-bond acceptors (Lipinski definition) is 1. The molecule has 0 saturated heterocycles. The lowest BCUT2D eigenvalue weighted by atomic mass is 9.85. The van der Waals surface area contributed by atoms with Gasteiger partial charge in [0.2, 0.25) is 0 Å². The first kappa shape index (κ1) is 5.95. The first-order chi connectivity index (χ1) is 5.97. The molecule has 0 radical (unpaired) electrons. The summed E-state index contributed by atoms with van der Waals surface area (Å²) in [5.74, 6) is 0. The molecule has 2 aromatic rings. The van der Waals surface area contributed by atoms with Gasteiger partial charge < -0.3 is 0 Å². The van der Waals surface area contributed by atoms with Crippen molar-refractivity contribution < 1.29 is 0 Å². The fourth-order valence-electron chi connectivity index (χ4n) is 1.70. The Morgan fingerprint density at radius 1 is 0.750 bits per heavy atom. The lowest BCUT2D eigenvalue weighted by molar-refractivity contribution is 1.29. The van der Waals surface area contributed by atoms with Gasteiger partial charge in [0.15, 0.2) is 0 Å². The molecule has 3 rings (SSSR count). The Labute approximate surface area is 70.7 Å². The lowest BCUT2D eigenvalue weighted by Gasteiger charge is -2.21. The standard InChI is InChI=1S/C11H7N/c1-2-5-9-8(4-1)10-6-3-7-12-11(9)10/h1-7H. The molecule has 1 aliphatic rings. The molecule has 0 bridgehead atoms. The minimum absolute atomic E-state index is 1.15. The second-order valence-electron chi connectivity index (χ2n) is 2.95. The van der Waals surface area contributed by atoms with Crippen molar-refractivity contribution in [1.82, 2.24) is 4.98 Å². The first-order valence-electron chi connectivity index (χ1n) is 4.01. The van der Waals surface area contributed by atoms with Crippen molar-refractivity contribution in [2.45, 2.75) is 0 Å². The second kappa shape index (κ2) is 1.95. The third kappa shape index (κ3) is 0.565. The van der Waals surface area contributed by atoms with Crippen molar-refractivity contribution in [2.75, 3.05) is 0 Å². The van der Waals surface area contributed by atoms with Crippen LogP contribution in [0.25, 0.3) is 22.4 Å². The summed E-state index contributed by atoms with van der Waals surface area (Å²) >= 11 is 0. The number of pyridine rings is 1. The summed E-state index contributed by atoms with van der Waals surface area (Å²) in [6.07, 6.45) is 1.84. The Morgan fingerprint density at radius 2 is 1.50 bits per heavy atom. The summed E-state index contributed by atoms with van der Waals surface area (Å²) in [5.41, 5.74) is 5.05. The average molecular weight is 153 g/mol. The predicted octanol–water partition coefficient (Wildman–Crippen LogP) is 2.73.